The van der Waals surface area contributed by atoms with Gasteiger partial charge in [0.15, 0.2) is 0 Å². The van der Waals surface area contributed by atoms with Gasteiger partial charge in [0, 0.05) is 12.1 Å². The van der Waals surface area contributed by atoms with Crippen molar-refractivity contribution >= 4 is 5.91 Å². The molecule has 1 aromatic heterocycles. The van der Waals surface area contributed by atoms with Gasteiger partial charge >= 0.3 is 0 Å². The summed E-state index contributed by atoms with van der Waals surface area (Å²) in [6, 6.07) is 15.5. The topological polar surface area (TPSA) is 85.2 Å². The van der Waals surface area contributed by atoms with Crippen molar-refractivity contribution in [2.75, 3.05) is 26.7 Å². The first kappa shape index (κ1) is 20.0. The van der Waals surface area contributed by atoms with E-state index in [9.17, 15) is 4.79 Å². The van der Waals surface area contributed by atoms with E-state index in [4.69, 9.17) is 4.74 Å². The quantitative estimate of drug-likeness (QED) is 0.649. The zero-order valence-electron chi connectivity index (χ0n) is 17.1. The molecular formula is C22H26N6O2. The van der Waals surface area contributed by atoms with Crippen molar-refractivity contribution in [3.8, 4) is 11.4 Å². The molecule has 2 heterocycles. The van der Waals surface area contributed by atoms with Crippen LogP contribution >= 0.6 is 0 Å². The lowest BCUT2D eigenvalue weighted by Crippen LogP contribution is -2.40. The molecule has 1 aliphatic heterocycles. The van der Waals surface area contributed by atoms with Crippen molar-refractivity contribution < 1.29 is 9.53 Å². The van der Waals surface area contributed by atoms with Gasteiger partial charge in [-0.15, -0.1) is 5.10 Å². The van der Waals surface area contributed by atoms with E-state index in [0.717, 1.165) is 24.5 Å². The number of rotatable bonds is 7. The minimum Gasteiger partial charge on any atom is -0.497 e. The van der Waals surface area contributed by atoms with Gasteiger partial charge in [0.1, 0.15) is 12.1 Å². The second kappa shape index (κ2) is 9.49. The van der Waals surface area contributed by atoms with Gasteiger partial charge in [-0.05, 0) is 72.3 Å². The van der Waals surface area contributed by atoms with Gasteiger partial charge in [-0.25, -0.2) is 4.68 Å². The van der Waals surface area contributed by atoms with Crippen LogP contribution in [0.25, 0.3) is 5.69 Å². The average molecular weight is 406 g/mol. The fourth-order valence-electron chi connectivity index (χ4n) is 3.87. The van der Waals surface area contributed by atoms with Crippen molar-refractivity contribution in [3.05, 3.63) is 66.0 Å². The Morgan fingerprint density at radius 1 is 1.13 bits per heavy atom. The highest BCUT2D eigenvalue weighted by atomic mass is 16.5. The van der Waals surface area contributed by atoms with E-state index in [1.165, 1.54) is 35.8 Å². The number of ether oxygens (including phenoxy) is 1. The van der Waals surface area contributed by atoms with Crippen LogP contribution in [0.4, 0.5) is 0 Å². The summed E-state index contributed by atoms with van der Waals surface area (Å²) in [5.74, 6) is 0.722. The molecule has 1 amide bonds. The number of benzene rings is 2. The highest BCUT2D eigenvalue weighted by Gasteiger charge is 2.23. The Kier molecular flexibility index (Phi) is 6.34. The normalized spacial score (nSPS) is 15.5. The second-order valence-corrected chi connectivity index (χ2v) is 7.40. The van der Waals surface area contributed by atoms with Gasteiger partial charge in [-0.3, -0.25) is 9.69 Å². The van der Waals surface area contributed by atoms with Crippen LogP contribution in [0, 0.1) is 0 Å². The Labute approximate surface area is 175 Å². The van der Waals surface area contributed by atoms with Crippen molar-refractivity contribution in [3.63, 3.8) is 0 Å². The summed E-state index contributed by atoms with van der Waals surface area (Å²) >= 11 is 0. The number of carbonyl (C=O) groups is 1. The number of hydrogen-bond donors (Lipinski definition) is 1. The molecule has 1 unspecified atom stereocenters. The van der Waals surface area contributed by atoms with Crippen LogP contribution in [0.15, 0.2) is 54.9 Å². The molecule has 0 bridgehead atoms. The van der Waals surface area contributed by atoms with Crippen molar-refractivity contribution in [2.24, 2.45) is 0 Å². The van der Waals surface area contributed by atoms with Gasteiger partial charge in [0.05, 0.1) is 18.8 Å². The maximum atomic E-state index is 12.9. The smallest absolute Gasteiger partial charge is 0.251 e. The number of amides is 1. The van der Waals surface area contributed by atoms with E-state index in [2.05, 4.69) is 37.9 Å². The number of aromatic nitrogens is 4. The largest absolute Gasteiger partial charge is 0.497 e. The van der Waals surface area contributed by atoms with Crippen LogP contribution < -0.4 is 10.1 Å². The number of methoxy groups -OCH3 is 1. The Hall–Kier alpha value is -3.26. The number of nitrogens with one attached hydrogen (secondary N) is 1. The molecule has 0 aliphatic carbocycles. The van der Waals surface area contributed by atoms with E-state index in [1.54, 1.807) is 19.2 Å². The number of hydrogen-bond acceptors (Lipinski definition) is 6. The number of likely N-dealkylation sites (tertiary alicyclic amines) is 1. The first-order chi connectivity index (χ1) is 14.7. The Morgan fingerprint density at radius 3 is 2.63 bits per heavy atom. The van der Waals surface area contributed by atoms with E-state index in [0.29, 0.717) is 12.1 Å². The molecule has 4 rings (SSSR count). The minimum atomic E-state index is -0.111. The number of nitrogens with zero attached hydrogens (tertiary/aromatic N) is 5. The SMILES string of the molecule is COc1ccc(C(CNC(=O)c2cccc(-n3cnnn3)c2)N2CCCCC2)cc1. The van der Waals surface area contributed by atoms with Gasteiger partial charge in [-0.1, -0.05) is 24.6 Å². The van der Waals surface area contributed by atoms with E-state index in [-0.39, 0.29) is 11.9 Å². The van der Waals surface area contributed by atoms with E-state index < -0.39 is 0 Å². The molecule has 1 fully saturated rings. The van der Waals surface area contributed by atoms with Crippen LogP contribution in [0.1, 0.15) is 41.2 Å². The summed E-state index contributed by atoms with van der Waals surface area (Å²) in [5.41, 5.74) is 2.51. The van der Waals surface area contributed by atoms with E-state index in [1.807, 2.05) is 24.3 Å². The molecule has 1 saturated heterocycles. The molecule has 0 saturated carbocycles. The summed E-state index contributed by atoms with van der Waals surface area (Å²) in [6.45, 7) is 2.63. The minimum absolute atomic E-state index is 0.111. The Morgan fingerprint density at radius 2 is 1.93 bits per heavy atom. The van der Waals surface area contributed by atoms with Crippen molar-refractivity contribution in [1.29, 1.82) is 0 Å². The number of piperidine rings is 1. The Bertz CT molecular complexity index is 952. The van der Waals surface area contributed by atoms with Crippen molar-refractivity contribution in [1.82, 2.24) is 30.4 Å². The third kappa shape index (κ3) is 4.65. The summed E-state index contributed by atoms with van der Waals surface area (Å²) in [6.07, 6.45) is 5.15. The molecule has 1 aliphatic rings. The average Bonchev–Trinajstić information content (AvgIpc) is 3.35. The fourth-order valence-corrected chi connectivity index (χ4v) is 3.87. The highest BCUT2D eigenvalue weighted by Crippen LogP contribution is 2.26. The molecule has 2 aromatic carbocycles. The molecule has 0 spiro atoms. The summed E-state index contributed by atoms with van der Waals surface area (Å²) in [7, 11) is 1.67. The summed E-state index contributed by atoms with van der Waals surface area (Å²) < 4.78 is 6.83. The van der Waals surface area contributed by atoms with Gasteiger partial charge < -0.3 is 10.1 Å². The molecule has 0 radical (unpaired) electrons. The summed E-state index contributed by atoms with van der Waals surface area (Å²) in [5, 5.41) is 14.3. The predicted octanol–water partition coefficient (Wildman–Crippen LogP) is 2.63. The maximum absolute atomic E-state index is 12.9. The molecular weight excluding hydrogens is 380 g/mol. The third-order valence-electron chi connectivity index (χ3n) is 5.51. The van der Waals surface area contributed by atoms with Crippen LogP contribution in [0.3, 0.4) is 0 Å². The van der Waals surface area contributed by atoms with Gasteiger partial charge in [0.25, 0.3) is 5.91 Å². The monoisotopic (exact) mass is 406 g/mol. The lowest BCUT2D eigenvalue weighted by Gasteiger charge is -2.35. The number of tetrazole rings is 1. The zero-order chi connectivity index (χ0) is 20.8. The maximum Gasteiger partial charge on any atom is 0.251 e. The predicted molar refractivity (Wildman–Crippen MR) is 113 cm³/mol. The highest BCUT2D eigenvalue weighted by molar-refractivity contribution is 5.94. The Balaban J connectivity index is 1.48. The third-order valence-corrected chi connectivity index (χ3v) is 5.51. The van der Waals surface area contributed by atoms with Crippen LogP contribution in [0.2, 0.25) is 0 Å². The fraction of sp³-hybridized carbons (Fsp3) is 0.364. The molecule has 8 heteroatoms. The van der Waals surface area contributed by atoms with Gasteiger partial charge in [-0.2, -0.15) is 0 Å². The lowest BCUT2D eigenvalue weighted by atomic mass is 10.0. The van der Waals surface area contributed by atoms with Crippen LogP contribution in [-0.2, 0) is 0 Å². The van der Waals surface area contributed by atoms with Crippen LogP contribution in [-0.4, -0.2) is 57.8 Å². The molecule has 1 N–H and O–H groups in total. The molecule has 30 heavy (non-hydrogen) atoms. The standard InChI is InChI=1S/C22H26N6O2/c1-30-20-10-8-17(9-11-20)21(27-12-3-2-4-13-27)15-23-22(29)18-6-5-7-19(14-18)28-16-24-25-26-28/h5-11,14,16,21H,2-4,12-13,15H2,1H3,(H,23,29). The van der Waals surface area contributed by atoms with E-state index >= 15 is 0 Å². The number of carbonyl (C=O) groups excluding carboxylic acids is 1. The molecule has 3 aromatic rings. The first-order valence-corrected chi connectivity index (χ1v) is 10.2. The molecule has 156 valence electrons. The van der Waals surface area contributed by atoms with Gasteiger partial charge in [0.2, 0.25) is 0 Å². The van der Waals surface area contributed by atoms with Crippen molar-refractivity contribution in [2.45, 2.75) is 25.3 Å². The van der Waals surface area contributed by atoms with Crippen LogP contribution in [0.5, 0.6) is 5.75 Å². The zero-order valence-corrected chi connectivity index (χ0v) is 17.1. The second-order valence-electron chi connectivity index (χ2n) is 7.40. The molecule has 1 atom stereocenters. The first-order valence-electron chi connectivity index (χ1n) is 10.2. The summed E-state index contributed by atoms with van der Waals surface area (Å²) in [4.78, 5) is 15.3. The lowest BCUT2D eigenvalue weighted by molar-refractivity contribution is 0.0924. The molecule has 8 nitrogen and oxygen atoms in total.